The Morgan fingerprint density at radius 2 is 1.51 bits per heavy atom. The van der Waals surface area contributed by atoms with Gasteiger partial charge in [-0.1, -0.05) is 76.4 Å². The van der Waals surface area contributed by atoms with Crippen LogP contribution in [0.3, 0.4) is 0 Å². The Morgan fingerprint density at radius 3 is 2.14 bits per heavy atom. The smallest absolute Gasteiger partial charge is 0.376 e. The van der Waals surface area contributed by atoms with Gasteiger partial charge in [0.1, 0.15) is 30.2 Å². The summed E-state index contributed by atoms with van der Waals surface area (Å²) in [6.45, 7) is 20.9. The molecule has 1 aromatic heterocycles. The fourth-order valence-corrected chi connectivity index (χ4v) is 8.94. The first kappa shape index (κ1) is 61.3. The molecule has 404 valence electrons. The summed E-state index contributed by atoms with van der Waals surface area (Å²) >= 11 is 0. The largest absolute Gasteiger partial charge is 0.472 e. The zero-order valence-corrected chi connectivity index (χ0v) is 44.9. The van der Waals surface area contributed by atoms with Crippen LogP contribution >= 0.6 is 7.82 Å². The predicted octanol–water partition coefficient (Wildman–Crippen LogP) is 5.10. The molecule has 0 aliphatic carbocycles. The lowest BCUT2D eigenvalue weighted by Crippen LogP contribution is -2.60. The Kier molecular flexibility index (Phi) is 25.3. The zero-order valence-electron chi connectivity index (χ0n) is 44.0. The fourth-order valence-electron chi connectivity index (χ4n) is 7.97. The molecule has 1 saturated heterocycles. The Morgan fingerprint density at radius 1 is 0.861 bits per heavy atom. The van der Waals surface area contributed by atoms with Gasteiger partial charge in [-0.25, -0.2) is 9.55 Å². The Labute approximate surface area is 426 Å². The Bertz CT molecular complexity index is 2100. The van der Waals surface area contributed by atoms with Crippen molar-refractivity contribution in [3.05, 3.63) is 66.3 Å². The number of primary amides is 1. The molecule has 7 atom stereocenters. The van der Waals surface area contributed by atoms with Crippen molar-refractivity contribution in [1.29, 1.82) is 0 Å². The number of unbranched alkanes of at least 4 members (excludes halogenated alkanes) is 5. The van der Waals surface area contributed by atoms with E-state index in [0.717, 1.165) is 38.5 Å². The SMILES string of the molecule is C=C1CCN(C(=O)CCOC(C)(C)CCOC(C)(C)C)C1C(=O)NC(CC(C)C)C(=O)NC(Cc1cnc[nH]1)C(=O)NC(C)C(=O)NC(C(N)=O)C(C)OP(=O)(O)OCCCCCCCCc1ccccc1. The number of nitrogens with one attached hydrogen (secondary N) is 5. The minimum absolute atomic E-state index is 0.0180. The average Bonchev–Trinajstić information content (AvgIpc) is 3.95. The molecule has 0 spiro atoms. The zero-order chi connectivity index (χ0) is 53.6. The van der Waals surface area contributed by atoms with Gasteiger partial charge in [0, 0.05) is 31.5 Å². The maximum atomic E-state index is 14.1. The average molecular weight is 1030 g/mol. The molecule has 2 aromatic rings. The number of nitrogens with two attached hydrogens (primary N) is 1. The number of rotatable bonds is 33. The summed E-state index contributed by atoms with van der Waals surface area (Å²) in [6, 6.07) is 3.83. The lowest BCUT2D eigenvalue weighted by molar-refractivity contribution is -0.141. The maximum absolute atomic E-state index is 14.1. The number of aryl methyl sites for hydroxylation is 1. The molecule has 2 heterocycles. The normalized spacial score (nSPS) is 17.1. The van der Waals surface area contributed by atoms with Crippen molar-refractivity contribution in [3.63, 3.8) is 0 Å². The van der Waals surface area contributed by atoms with E-state index < -0.39 is 79.3 Å². The molecule has 1 aliphatic heterocycles. The van der Waals surface area contributed by atoms with Crippen molar-refractivity contribution in [2.24, 2.45) is 11.7 Å². The van der Waals surface area contributed by atoms with E-state index in [9.17, 15) is 38.2 Å². The highest BCUT2D eigenvalue weighted by molar-refractivity contribution is 7.47. The molecule has 0 radical (unpaired) electrons. The number of likely N-dealkylation sites (tertiary alicyclic amines) is 1. The highest BCUT2D eigenvalue weighted by Gasteiger charge is 2.40. The van der Waals surface area contributed by atoms with Gasteiger partial charge in [-0.05, 0) is 104 Å². The number of H-pyrrole nitrogens is 1. The monoisotopic (exact) mass is 1030 g/mol. The third kappa shape index (κ3) is 22.8. The molecule has 6 amide bonds. The Balaban J connectivity index is 1.58. The molecule has 8 N–H and O–H groups in total. The van der Waals surface area contributed by atoms with Crippen LogP contribution in [-0.4, -0.2) is 129 Å². The standard InChI is InChI=1S/C51H83N8O12P/c1-34(2)30-40(57-49(65)44-35(3)23-26-59(44)42(60)24-28-69-51(9,10)25-29-68-50(6,7)8)48(64)56-41(31-39-32-53-33-54-39)47(63)55-36(4)46(62)58-43(45(52)61)37(5)71-72(66,67)70-27-19-14-12-11-13-16-20-38-21-17-15-18-22-38/h15,17-18,21-22,32-34,36-37,40-41,43-44H,3,11-14,16,19-20,23-31H2,1-2,4-10H3,(H2,52,61)(H,53,54)(H,55,63)(H,56,64)(H,57,65)(H,58,62)(H,66,67). The second-order valence-electron chi connectivity index (χ2n) is 20.6. The molecular weight excluding hydrogens is 948 g/mol. The van der Waals surface area contributed by atoms with Crippen molar-refractivity contribution >= 4 is 43.3 Å². The molecular formula is C51H83N8O12P. The summed E-state index contributed by atoms with van der Waals surface area (Å²) < 4.78 is 35.0. The Hall–Kier alpha value is -4.98. The number of aromatic amines is 1. The van der Waals surface area contributed by atoms with Crippen molar-refractivity contribution in [2.45, 2.75) is 187 Å². The van der Waals surface area contributed by atoms with Crippen molar-refractivity contribution in [1.82, 2.24) is 36.1 Å². The number of phosphoric ester groups is 1. The summed E-state index contributed by atoms with van der Waals surface area (Å²) in [5.74, 6) is -4.49. The van der Waals surface area contributed by atoms with Gasteiger partial charge in [0.15, 0.2) is 0 Å². The topological polar surface area (TPSA) is 283 Å². The molecule has 1 fully saturated rings. The van der Waals surface area contributed by atoms with Gasteiger partial charge in [-0.2, -0.15) is 0 Å². The number of hydrogen-bond acceptors (Lipinski definition) is 12. The number of phosphoric acid groups is 1. The van der Waals surface area contributed by atoms with E-state index in [1.165, 1.54) is 36.8 Å². The highest BCUT2D eigenvalue weighted by atomic mass is 31.2. The molecule has 1 aromatic carbocycles. The van der Waals surface area contributed by atoms with Gasteiger partial charge >= 0.3 is 7.82 Å². The first-order chi connectivity index (χ1) is 33.8. The number of carbonyl (C=O) groups is 6. The van der Waals surface area contributed by atoms with Crippen LogP contribution in [0.5, 0.6) is 0 Å². The lowest BCUT2D eigenvalue weighted by Gasteiger charge is -2.30. The van der Waals surface area contributed by atoms with E-state index in [4.69, 9.17) is 24.3 Å². The summed E-state index contributed by atoms with van der Waals surface area (Å²) in [4.78, 5) is 100. The summed E-state index contributed by atoms with van der Waals surface area (Å²) in [6.07, 6.45) is 8.88. The summed E-state index contributed by atoms with van der Waals surface area (Å²) in [7, 11) is -4.68. The van der Waals surface area contributed by atoms with Crippen LogP contribution in [0.4, 0.5) is 0 Å². The van der Waals surface area contributed by atoms with Gasteiger partial charge in [-0.3, -0.25) is 37.8 Å². The van der Waals surface area contributed by atoms with Gasteiger partial charge in [0.2, 0.25) is 35.4 Å². The van der Waals surface area contributed by atoms with Crippen LogP contribution in [-0.2, 0) is 64.7 Å². The van der Waals surface area contributed by atoms with Crippen molar-refractivity contribution < 1.29 is 56.7 Å². The van der Waals surface area contributed by atoms with E-state index in [2.05, 4.69) is 49.9 Å². The number of ether oxygens (including phenoxy) is 2. The number of nitrogens with zero attached hydrogens (tertiary/aromatic N) is 2. The van der Waals surface area contributed by atoms with Crippen LogP contribution < -0.4 is 27.0 Å². The molecule has 1 aliphatic rings. The van der Waals surface area contributed by atoms with E-state index in [1.54, 1.807) is 0 Å². The van der Waals surface area contributed by atoms with Gasteiger partial charge in [-0.15, -0.1) is 0 Å². The number of aromatic nitrogens is 2. The number of hydrogen-bond donors (Lipinski definition) is 7. The molecule has 7 unspecified atom stereocenters. The van der Waals surface area contributed by atoms with Gasteiger partial charge in [0.25, 0.3) is 0 Å². The molecule has 0 bridgehead atoms. The predicted molar refractivity (Wildman–Crippen MR) is 273 cm³/mol. The van der Waals surface area contributed by atoms with E-state index in [1.807, 2.05) is 66.7 Å². The third-order valence-corrected chi connectivity index (χ3v) is 13.1. The number of imidazole rings is 1. The molecule has 3 rings (SSSR count). The minimum Gasteiger partial charge on any atom is -0.376 e. The third-order valence-electron chi connectivity index (χ3n) is 12.0. The number of amides is 6. The van der Waals surface area contributed by atoms with Crippen LogP contribution in [0.2, 0.25) is 0 Å². The molecule has 0 saturated carbocycles. The first-order valence-corrected chi connectivity index (χ1v) is 26.7. The van der Waals surface area contributed by atoms with Gasteiger partial charge < -0.3 is 51.3 Å². The van der Waals surface area contributed by atoms with Crippen molar-refractivity contribution in [3.8, 4) is 0 Å². The summed E-state index contributed by atoms with van der Waals surface area (Å²) in [5.41, 5.74) is 7.01. The fraction of sp³-hybridized carbons (Fsp3) is 0.667. The highest BCUT2D eigenvalue weighted by Crippen LogP contribution is 2.45. The van der Waals surface area contributed by atoms with Crippen LogP contribution in [0.15, 0.2) is 55.0 Å². The lowest BCUT2D eigenvalue weighted by atomic mass is 10.0. The second kappa shape index (κ2) is 29.7. The van der Waals surface area contributed by atoms with Crippen LogP contribution in [0.1, 0.15) is 138 Å². The molecule has 20 nitrogen and oxygen atoms in total. The van der Waals surface area contributed by atoms with Crippen LogP contribution in [0.25, 0.3) is 0 Å². The second-order valence-corrected chi connectivity index (χ2v) is 22.0. The first-order valence-electron chi connectivity index (χ1n) is 25.2. The van der Waals surface area contributed by atoms with Crippen molar-refractivity contribution in [2.75, 3.05) is 26.4 Å². The molecule has 72 heavy (non-hydrogen) atoms. The van der Waals surface area contributed by atoms with E-state index in [-0.39, 0.29) is 56.4 Å². The minimum atomic E-state index is -4.68. The van der Waals surface area contributed by atoms with Crippen LogP contribution in [0, 0.1) is 5.92 Å². The quantitative estimate of drug-likeness (QED) is 0.0279. The van der Waals surface area contributed by atoms with E-state index in [0.29, 0.717) is 37.1 Å². The number of carbonyl (C=O) groups excluding carboxylic acids is 6. The number of benzene rings is 1. The maximum Gasteiger partial charge on any atom is 0.472 e. The van der Waals surface area contributed by atoms with Gasteiger partial charge in [0.05, 0.1) is 43.3 Å². The van der Waals surface area contributed by atoms with E-state index >= 15 is 0 Å². The molecule has 21 heteroatoms. The summed E-state index contributed by atoms with van der Waals surface area (Å²) in [5, 5.41) is 10.4.